The first-order valence-electron chi connectivity index (χ1n) is 9.40. The Bertz CT molecular complexity index is 615. The van der Waals surface area contributed by atoms with Crippen LogP contribution in [0, 0.1) is 5.41 Å². The Hall–Kier alpha value is -1.84. The average Bonchev–Trinajstić information content (AvgIpc) is 3.07. The first-order chi connectivity index (χ1) is 11.7. The molecular weight excluding hydrogens is 312 g/mol. The first-order valence-corrected chi connectivity index (χ1v) is 9.40. The van der Waals surface area contributed by atoms with Gasteiger partial charge < -0.3 is 10.2 Å². The Morgan fingerprint density at radius 2 is 1.48 bits per heavy atom. The lowest BCUT2D eigenvalue weighted by Crippen LogP contribution is -2.46. The number of hydrogen-bond donors (Lipinski definition) is 1. The maximum Gasteiger partial charge on any atom is 0.239 e. The summed E-state index contributed by atoms with van der Waals surface area (Å²) in [4.78, 5) is 27.6. The highest BCUT2D eigenvalue weighted by Crippen LogP contribution is 2.34. The Labute approximate surface area is 152 Å². The van der Waals surface area contributed by atoms with Crippen molar-refractivity contribution in [2.45, 2.75) is 66.2 Å². The van der Waals surface area contributed by atoms with Gasteiger partial charge >= 0.3 is 0 Å². The van der Waals surface area contributed by atoms with Crippen molar-refractivity contribution in [1.82, 2.24) is 4.90 Å². The monoisotopic (exact) mass is 344 g/mol. The van der Waals surface area contributed by atoms with E-state index in [0.29, 0.717) is 11.8 Å². The number of carbonyl (C=O) groups excluding carboxylic acids is 2. The Kier molecular flexibility index (Phi) is 5.91. The van der Waals surface area contributed by atoms with Crippen LogP contribution in [0.25, 0.3) is 0 Å². The van der Waals surface area contributed by atoms with Crippen molar-refractivity contribution in [3.05, 3.63) is 29.3 Å². The van der Waals surface area contributed by atoms with Gasteiger partial charge in [-0.25, -0.2) is 0 Å². The molecule has 0 aliphatic carbocycles. The lowest BCUT2D eigenvalue weighted by molar-refractivity contribution is -0.145. The maximum atomic E-state index is 13.0. The highest BCUT2D eigenvalue weighted by molar-refractivity contribution is 6.10. The predicted octanol–water partition coefficient (Wildman–Crippen LogP) is 4.52. The van der Waals surface area contributed by atoms with Crippen LogP contribution in [0.1, 0.15) is 77.3 Å². The maximum absolute atomic E-state index is 13.0. The van der Waals surface area contributed by atoms with Crippen LogP contribution in [-0.2, 0) is 9.59 Å². The summed E-state index contributed by atoms with van der Waals surface area (Å²) < 4.78 is 0. The van der Waals surface area contributed by atoms with Gasteiger partial charge in [-0.05, 0) is 49.7 Å². The van der Waals surface area contributed by atoms with Crippen LogP contribution in [0.2, 0.25) is 0 Å². The summed E-state index contributed by atoms with van der Waals surface area (Å²) in [7, 11) is 0. The molecule has 4 heteroatoms. The van der Waals surface area contributed by atoms with E-state index in [2.05, 4.69) is 45.1 Å². The van der Waals surface area contributed by atoms with E-state index in [-0.39, 0.29) is 11.8 Å². The lowest BCUT2D eigenvalue weighted by atomic mass is 9.88. The molecule has 1 aliphatic rings. The molecule has 0 spiro atoms. The van der Waals surface area contributed by atoms with Crippen LogP contribution in [0.3, 0.4) is 0 Å². The van der Waals surface area contributed by atoms with Gasteiger partial charge in [0.25, 0.3) is 0 Å². The van der Waals surface area contributed by atoms with Crippen molar-refractivity contribution in [2.24, 2.45) is 5.41 Å². The number of hydrogen-bond acceptors (Lipinski definition) is 2. The molecule has 2 amide bonds. The zero-order valence-corrected chi connectivity index (χ0v) is 16.5. The largest absolute Gasteiger partial charge is 0.342 e. The quantitative estimate of drug-likeness (QED) is 0.798. The first kappa shape index (κ1) is 19.5. The summed E-state index contributed by atoms with van der Waals surface area (Å²) in [6.45, 7) is 13.5. The minimum absolute atomic E-state index is 0.0735. The molecule has 0 bridgehead atoms. The summed E-state index contributed by atoms with van der Waals surface area (Å²) in [5.74, 6) is 0.299. The van der Waals surface area contributed by atoms with Crippen LogP contribution in [-0.4, -0.2) is 29.8 Å². The van der Waals surface area contributed by atoms with E-state index < -0.39 is 5.41 Å². The lowest BCUT2D eigenvalue weighted by Gasteiger charge is -2.29. The molecule has 1 aliphatic heterocycles. The fraction of sp³-hybridized carbons (Fsp3) is 0.619. The third kappa shape index (κ3) is 4.05. The van der Waals surface area contributed by atoms with E-state index in [0.717, 1.165) is 42.7 Å². The normalized spacial score (nSPS) is 15.1. The van der Waals surface area contributed by atoms with Gasteiger partial charge in [-0.2, -0.15) is 0 Å². The molecule has 0 saturated carbocycles. The fourth-order valence-corrected chi connectivity index (χ4v) is 3.38. The Morgan fingerprint density at radius 1 is 1.00 bits per heavy atom. The number of rotatable bonds is 5. The van der Waals surface area contributed by atoms with E-state index in [1.54, 1.807) is 13.8 Å². The molecule has 2 rings (SSSR count). The summed E-state index contributed by atoms with van der Waals surface area (Å²) in [5, 5.41) is 3.10. The van der Waals surface area contributed by atoms with Gasteiger partial charge in [-0.1, -0.05) is 45.9 Å². The number of anilines is 1. The third-order valence-corrected chi connectivity index (χ3v) is 5.11. The van der Waals surface area contributed by atoms with E-state index in [9.17, 15) is 9.59 Å². The second kappa shape index (κ2) is 7.59. The van der Waals surface area contributed by atoms with Gasteiger partial charge in [0.1, 0.15) is 5.41 Å². The van der Waals surface area contributed by atoms with E-state index >= 15 is 0 Å². The third-order valence-electron chi connectivity index (χ3n) is 5.11. The molecule has 4 nitrogen and oxygen atoms in total. The van der Waals surface area contributed by atoms with Gasteiger partial charge in [-0.15, -0.1) is 0 Å². The highest BCUT2D eigenvalue weighted by Gasteiger charge is 2.40. The predicted molar refractivity (Wildman–Crippen MR) is 103 cm³/mol. The molecule has 1 heterocycles. The molecule has 0 radical (unpaired) electrons. The Balaban J connectivity index is 2.31. The number of likely N-dealkylation sites (tertiary alicyclic amines) is 1. The molecule has 25 heavy (non-hydrogen) atoms. The highest BCUT2D eigenvalue weighted by atomic mass is 16.2. The summed E-state index contributed by atoms with van der Waals surface area (Å²) in [6.07, 6.45) is 2.05. The smallest absolute Gasteiger partial charge is 0.239 e. The standard InChI is InChI=1S/C21H32N2O2/c1-14(2)16-10-9-11-17(15(3)4)18(16)22-19(24)21(5,6)20(25)23-12-7-8-13-23/h9-11,14-15H,7-8,12-13H2,1-6H3,(H,22,24). The number of para-hydroxylation sites is 1. The second-order valence-corrected chi connectivity index (χ2v) is 8.20. The van der Waals surface area contributed by atoms with Crippen molar-refractivity contribution < 1.29 is 9.59 Å². The summed E-state index contributed by atoms with van der Waals surface area (Å²) in [6, 6.07) is 6.16. The van der Waals surface area contributed by atoms with Crippen molar-refractivity contribution in [3.63, 3.8) is 0 Å². The summed E-state index contributed by atoms with van der Waals surface area (Å²) >= 11 is 0. The van der Waals surface area contributed by atoms with Crippen molar-refractivity contribution in [3.8, 4) is 0 Å². The van der Waals surface area contributed by atoms with Gasteiger partial charge in [0.15, 0.2) is 0 Å². The average molecular weight is 344 g/mol. The van der Waals surface area contributed by atoms with E-state index in [1.165, 1.54) is 0 Å². The summed E-state index contributed by atoms with van der Waals surface area (Å²) in [5.41, 5.74) is 2.04. The fourth-order valence-electron chi connectivity index (χ4n) is 3.38. The topological polar surface area (TPSA) is 49.4 Å². The molecule has 0 unspecified atom stereocenters. The molecular formula is C21H32N2O2. The van der Waals surface area contributed by atoms with Crippen LogP contribution < -0.4 is 5.32 Å². The van der Waals surface area contributed by atoms with Crippen LogP contribution in [0.4, 0.5) is 5.69 Å². The SMILES string of the molecule is CC(C)c1cccc(C(C)C)c1NC(=O)C(C)(C)C(=O)N1CCCC1. The van der Waals surface area contributed by atoms with E-state index in [4.69, 9.17) is 0 Å². The molecule has 0 atom stereocenters. The molecule has 1 aromatic rings. The Morgan fingerprint density at radius 3 is 1.92 bits per heavy atom. The van der Waals surface area contributed by atoms with Gasteiger partial charge in [0.2, 0.25) is 11.8 Å². The van der Waals surface area contributed by atoms with Gasteiger partial charge in [0.05, 0.1) is 0 Å². The van der Waals surface area contributed by atoms with Crippen molar-refractivity contribution in [1.29, 1.82) is 0 Å². The van der Waals surface area contributed by atoms with Crippen molar-refractivity contribution >= 4 is 17.5 Å². The zero-order chi connectivity index (χ0) is 18.8. The molecule has 1 saturated heterocycles. The van der Waals surface area contributed by atoms with Gasteiger partial charge in [-0.3, -0.25) is 9.59 Å². The minimum Gasteiger partial charge on any atom is -0.342 e. The van der Waals surface area contributed by atoms with Crippen LogP contribution in [0.5, 0.6) is 0 Å². The number of benzene rings is 1. The van der Waals surface area contributed by atoms with Gasteiger partial charge in [0, 0.05) is 18.8 Å². The molecule has 1 N–H and O–H groups in total. The minimum atomic E-state index is -1.07. The number of amides is 2. The van der Waals surface area contributed by atoms with Crippen molar-refractivity contribution in [2.75, 3.05) is 18.4 Å². The van der Waals surface area contributed by atoms with E-state index in [1.807, 2.05) is 11.0 Å². The zero-order valence-electron chi connectivity index (χ0n) is 16.5. The number of carbonyl (C=O) groups is 2. The number of nitrogens with zero attached hydrogens (tertiary/aromatic N) is 1. The molecule has 1 fully saturated rings. The second-order valence-electron chi connectivity index (χ2n) is 8.20. The molecule has 138 valence electrons. The molecule has 0 aromatic heterocycles. The number of nitrogens with one attached hydrogen (secondary N) is 1. The van der Waals surface area contributed by atoms with Crippen LogP contribution >= 0.6 is 0 Å². The molecule has 1 aromatic carbocycles. The van der Waals surface area contributed by atoms with Crippen LogP contribution in [0.15, 0.2) is 18.2 Å².